The Labute approximate surface area is 207 Å². The first-order valence-corrected chi connectivity index (χ1v) is 12.5. The molecule has 2 aromatic rings. The summed E-state index contributed by atoms with van der Waals surface area (Å²) in [5.74, 6) is 6.29. The highest BCUT2D eigenvalue weighted by Gasteiger charge is 2.54. The number of ether oxygens (including phenoxy) is 2. The van der Waals surface area contributed by atoms with Gasteiger partial charge in [-0.25, -0.2) is 0 Å². The summed E-state index contributed by atoms with van der Waals surface area (Å²) < 4.78 is 52.9. The minimum Gasteiger partial charge on any atom is -0.361 e. The predicted octanol–water partition coefficient (Wildman–Crippen LogP) is 7.12. The Morgan fingerprint density at radius 2 is 1.69 bits per heavy atom. The molecule has 190 valence electrons. The van der Waals surface area contributed by atoms with E-state index in [2.05, 4.69) is 18.8 Å². The molecular weight excluding hydrogens is 451 g/mol. The monoisotopic (exact) mass is 487 g/mol. The Balaban J connectivity index is 1.64. The molecule has 0 saturated carbocycles. The van der Waals surface area contributed by atoms with E-state index in [1.54, 1.807) is 6.92 Å². The second-order valence-electron chi connectivity index (χ2n) is 9.48. The average Bonchev–Trinajstić information content (AvgIpc) is 3.17. The fourth-order valence-electron chi connectivity index (χ4n) is 4.30. The largest absolute Gasteiger partial charge is 0.428 e. The first-order chi connectivity index (χ1) is 16.8. The molecule has 0 aromatic heterocycles. The van der Waals surface area contributed by atoms with Crippen LogP contribution in [0.3, 0.4) is 0 Å². The highest BCUT2D eigenvalue weighted by Crippen LogP contribution is 2.38. The van der Waals surface area contributed by atoms with Gasteiger partial charge in [0.1, 0.15) is 6.10 Å². The smallest absolute Gasteiger partial charge is 0.361 e. The van der Waals surface area contributed by atoms with Gasteiger partial charge in [-0.3, -0.25) is 4.90 Å². The molecule has 0 bridgehead atoms. The lowest BCUT2D eigenvalue weighted by molar-refractivity contribution is -0.255. The van der Waals surface area contributed by atoms with E-state index in [4.69, 9.17) is 9.47 Å². The van der Waals surface area contributed by atoms with Crippen LogP contribution in [0.5, 0.6) is 0 Å². The number of rotatable bonds is 11. The van der Waals surface area contributed by atoms with Crippen LogP contribution in [-0.2, 0) is 22.6 Å². The lowest BCUT2D eigenvalue weighted by Crippen LogP contribution is -2.41. The number of hydrogen-bond acceptors (Lipinski definition) is 3. The molecule has 1 heterocycles. The molecule has 0 spiro atoms. The Morgan fingerprint density at radius 1 is 1.03 bits per heavy atom. The lowest BCUT2D eigenvalue weighted by atomic mass is 10.0. The van der Waals surface area contributed by atoms with Crippen LogP contribution < -0.4 is 0 Å². The average molecular weight is 488 g/mol. The topological polar surface area (TPSA) is 21.7 Å². The van der Waals surface area contributed by atoms with E-state index in [1.807, 2.05) is 60.7 Å². The molecule has 1 unspecified atom stereocenters. The van der Waals surface area contributed by atoms with Crippen LogP contribution in [-0.4, -0.2) is 35.6 Å². The highest BCUT2D eigenvalue weighted by atomic mass is 19.4. The Morgan fingerprint density at radius 3 is 2.31 bits per heavy atom. The zero-order valence-electron chi connectivity index (χ0n) is 20.7. The summed E-state index contributed by atoms with van der Waals surface area (Å²) in [6.45, 7) is 4.68. The maximum atomic E-state index is 13.7. The summed E-state index contributed by atoms with van der Waals surface area (Å²) in [5, 5.41) is 0. The molecule has 1 aliphatic heterocycles. The van der Waals surface area contributed by atoms with Gasteiger partial charge in [0.25, 0.3) is 0 Å². The van der Waals surface area contributed by atoms with Crippen molar-refractivity contribution < 1.29 is 22.6 Å². The summed E-state index contributed by atoms with van der Waals surface area (Å²) in [6, 6.07) is 19.1. The van der Waals surface area contributed by atoms with Crippen molar-refractivity contribution in [3.05, 3.63) is 71.8 Å². The van der Waals surface area contributed by atoms with Gasteiger partial charge < -0.3 is 9.47 Å². The van der Waals surface area contributed by atoms with Crippen LogP contribution in [0.4, 0.5) is 13.2 Å². The molecule has 3 atom stereocenters. The number of hydrogen-bond donors (Lipinski definition) is 0. The zero-order valence-corrected chi connectivity index (χ0v) is 20.7. The molecule has 0 N–H and O–H groups in total. The first-order valence-electron chi connectivity index (χ1n) is 12.5. The van der Waals surface area contributed by atoms with Gasteiger partial charge in [-0.15, -0.1) is 0 Å². The van der Waals surface area contributed by atoms with E-state index in [1.165, 1.54) is 11.3 Å². The second-order valence-corrected chi connectivity index (χ2v) is 9.48. The highest BCUT2D eigenvalue weighted by molar-refractivity contribution is 5.16. The molecular formula is C29H36F3NO2. The van der Waals surface area contributed by atoms with Crippen molar-refractivity contribution >= 4 is 0 Å². The Bertz CT molecular complexity index is 939. The number of halogens is 3. The van der Waals surface area contributed by atoms with Crippen molar-refractivity contribution in [1.29, 1.82) is 0 Å². The molecule has 1 saturated heterocycles. The van der Waals surface area contributed by atoms with E-state index in [-0.39, 0.29) is 25.6 Å². The molecule has 0 aliphatic carbocycles. The van der Waals surface area contributed by atoms with E-state index in [0.717, 1.165) is 36.8 Å². The second kappa shape index (κ2) is 13.1. The molecule has 0 amide bonds. The predicted molar refractivity (Wildman–Crippen MR) is 132 cm³/mol. The molecule has 3 rings (SSSR count). The number of nitrogens with zero attached hydrogens (tertiary/aromatic N) is 1. The van der Waals surface area contributed by atoms with Gasteiger partial charge in [0, 0.05) is 19.5 Å². The van der Waals surface area contributed by atoms with Crippen molar-refractivity contribution in [2.45, 2.75) is 89.6 Å². The third-order valence-electron chi connectivity index (χ3n) is 6.11. The fourth-order valence-corrected chi connectivity index (χ4v) is 4.30. The maximum Gasteiger partial charge on any atom is 0.428 e. The van der Waals surface area contributed by atoms with Crippen LogP contribution in [0.2, 0.25) is 0 Å². The molecule has 35 heavy (non-hydrogen) atoms. The summed E-state index contributed by atoms with van der Waals surface area (Å²) in [6.07, 6.45) is -1.20. The quantitative estimate of drug-likeness (QED) is 0.249. The van der Waals surface area contributed by atoms with E-state index < -0.39 is 18.0 Å². The van der Waals surface area contributed by atoms with Gasteiger partial charge in [0.05, 0.1) is 12.2 Å². The van der Waals surface area contributed by atoms with Crippen LogP contribution in [0.15, 0.2) is 60.7 Å². The van der Waals surface area contributed by atoms with Crippen molar-refractivity contribution in [3.8, 4) is 11.8 Å². The van der Waals surface area contributed by atoms with Crippen molar-refractivity contribution in [3.63, 3.8) is 0 Å². The third kappa shape index (κ3) is 9.00. The van der Waals surface area contributed by atoms with Crippen molar-refractivity contribution in [2.24, 2.45) is 0 Å². The van der Waals surface area contributed by atoms with Gasteiger partial charge in [0.2, 0.25) is 6.23 Å². The molecule has 1 fully saturated rings. The molecule has 0 radical (unpaired) electrons. The third-order valence-corrected chi connectivity index (χ3v) is 6.11. The van der Waals surface area contributed by atoms with E-state index in [9.17, 15) is 13.2 Å². The first kappa shape index (κ1) is 27.3. The van der Waals surface area contributed by atoms with Gasteiger partial charge in [-0.1, -0.05) is 98.7 Å². The van der Waals surface area contributed by atoms with Crippen LogP contribution in [0, 0.1) is 11.8 Å². The summed E-state index contributed by atoms with van der Waals surface area (Å²) >= 11 is 0. The Hall–Kier alpha value is -2.33. The van der Waals surface area contributed by atoms with Crippen molar-refractivity contribution in [2.75, 3.05) is 6.54 Å². The summed E-state index contributed by atoms with van der Waals surface area (Å²) in [5.41, 5.74) is 0.888. The van der Waals surface area contributed by atoms with Gasteiger partial charge in [-0.2, -0.15) is 13.2 Å². The van der Waals surface area contributed by atoms with Crippen LogP contribution in [0.1, 0.15) is 63.5 Å². The summed E-state index contributed by atoms with van der Waals surface area (Å²) in [4.78, 5) is 1.35. The number of benzene rings is 2. The SMILES string of the molecule is CCCCCCC(C#CC[C@]1(C)CN(Cc2ccccc2)[C@@H](C(F)(F)F)O1)OCc1ccccc1. The lowest BCUT2D eigenvalue weighted by Gasteiger charge is -2.24. The zero-order chi connectivity index (χ0) is 25.2. The van der Waals surface area contributed by atoms with Crippen LogP contribution >= 0.6 is 0 Å². The maximum absolute atomic E-state index is 13.7. The number of unbranched alkanes of at least 4 members (excludes halogenated alkanes) is 3. The fraction of sp³-hybridized carbons (Fsp3) is 0.517. The number of alkyl halides is 3. The van der Waals surface area contributed by atoms with Gasteiger partial charge >= 0.3 is 6.18 Å². The normalized spacial score (nSPS) is 21.5. The van der Waals surface area contributed by atoms with E-state index >= 15 is 0 Å². The minimum absolute atomic E-state index is 0.160. The van der Waals surface area contributed by atoms with Gasteiger partial charge in [0.15, 0.2) is 0 Å². The van der Waals surface area contributed by atoms with Crippen molar-refractivity contribution in [1.82, 2.24) is 4.90 Å². The van der Waals surface area contributed by atoms with E-state index in [0.29, 0.717) is 6.61 Å². The standard InChI is InChI=1S/C29H36F3NO2/c1-3-4-5-12-18-26(34-22-25-16-10-7-11-17-25)19-13-20-28(2)23-33(27(35-28)29(30,31)32)21-24-14-8-6-9-15-24/h6-11,14-17,26-27H,3-5,12,18,20-23H2,1-2H3/t26?,27-,28-/m1/s1. The minimum atomic E-state index is -4.47. The Kier molecular flexibility index (Phi) is 10.2. The molecule has 6 heteroatoms. The van der Waals surface area contributed by atoms with Gasteiger partial charge in [-0.05, 0) is 30.9 Å². The van der Waals surface area contributed by atoms with Crippen LogP contribution in [0.25, 0.3) is 0 Å². The molecule has 3 nitrogen and oxygen atoms in total. The molecule has 2 aromatic carbocycles. The summed E-state index contributed by atoms with van der Waals surface area (Å²) in [7, 11) is 0. The molecule has 1 aliphatic rings.